The highest BCUT2D eigenvalue weighted by atomic mass is 79.9. The lowest BCUT2D eigenvalue weighted by Gasteiger charge is -2.35. The second-order valence-electron chi connectivity index (χ2n) is 4.13. The zero-order chi connectivity index (χ0) is 11.1. The Morgan fingerprint density at radius 1 is 1.73 bits per heavy atom. The molecule has 0 aromatic carbocycles. The molecule has 84 valence electrons. The van der Waals surface area contributed by atoms with E-state index in [2.05, 4.69) is 21.0 Å². The van der Waals surface area contributed by atoms with Crippen LogP contribution in [0.1, 0.15) is 25.5 Å². The van der Waals surface area contributed by atoms with Crippen LogP contribution in [0.4, 0.5) is 0 Å². The highest BCUT2D eigenvalue weighted by Gasteiger charge is 2.38. The number of ether oxygens (including phenoxy) is 1. The van der Waals surface area contributed by atoms with Crippen molar-refractivity contribution in [2.45, 2.75) is 31.5 Å². The van der Waals surface area contributed by atoms with Gasteiger partial charge in [0.15, 0.2) is 0 Å². The molecule has 5 heteroatoms. The molecule has 1 aromatic rings. The molecule has 0 amide bonds. The van der Waals surface area contributed by atoms with Gasteiger partial charge in [0, 0.05) is 19.9 Å². The predicted molar refractivity (Wildman–Crippen MR) is 59.5 cm³/mol. The first kappa shape index (κ1) is 11.1. The summed E-state index contributed by atoms with van der Waals surface area (Å²) in [7, 11) is 1.85. The summed E-state index contributed by atoms with van der Waals surface area (Å²) in [5.41, 5.74) is 0.0273. The van der Waals surface area contributed by atoms with Gasteiger partial charge >= 0.3 is 0 Å². The molecule has 0 spiro atoms. The van der Waals surface area contributed by atoms with Gasteiger partial charge < -0.3 is 9.84 Å². The number of halogens is 1. The third-order valence-corrected chi connectivity index (χ3v) is 3.46. The van der Waals surface area contributed by atoms with E-state index >= 15 is 0 Å². The lowest BCUT2D eigenvalue weighted by atomic mass is 9.87. The summed E-state index contributed by atoms with van der Waals surface area (Å²) in [6.07, 6.45) is 3.04. The van der Waals surface area contributed by atoms with Crippen molar-refractivity contribution in [2.75, 3.05) is 6.61 Å². The summed E-state index contributed by atoms with van der Waals surface area (Å²) in [6, 6.07) is 0. The van der Waals surface area contributed by atoms with Crippen LogP contribution in [0.25, 0.3) is 0 Å². The second kappa shape index (κ2) is 3.88. The molecule has 0 saturated carbocycles. The summed E-state index contributed by atoms with van der Waals surface area (Å²) in [5.74, 6) is 0. The first-order valence-corrected chi connectivity index (χ1v) is 5.84. The average Bonchev–Trinajstić information content (AvgIpc) is 2.46. The number of hydrogen-bond donors (Lipinski definition) is 1. The molecular formula is C10H15BrN2O2. The highest BCUT2D eigenvalue weighted by molar-refractivity contribution is 9.10. The lowest BCUT2D eigenvalue weighted by molar-refractivity contribution is -0.105. The fourth-order valence-electron chi connectivity index (χ4n) is 2.21. The molecule has 2 heterocycles. The molecule has 1 saturated heterocycles. The third-order valence-electron chi connectivity index (χ3n) is 2.88. The Morgan fingerprint density at radius 2 is 2.47 bits per heavy atom. The van der Waals surface area contributed by atoms with Crippen LogP contribution in [0.15, 0.2) is 10.7 Å². The molecule has 1 N–H and O–H groups in total. The van der Waals surface area contributed by atoms with Gasteiger partial charge in [0.25, 0.3) is 0 Å². The molecule has 15 heavy (non-hydrogen) atoms. The van der Waals surface area contributed by atoms with E-state index in [4.69, 9.17) is 4.74 Å². The van der Waals surface area contributed by atoms with E-state index in [1.54, 1.807) is 10.9 Å². The maximum Gasteiger partial charge on any atom is 0.112 e. The summed E-state index contributed by atoms with van der Waals surface area (Å²) < 4.78 is 8.03. The van der Waals surface area contributed by atoms with Crippen molar-refractivity contribution in [3.8, 4) is 0 Å². The molecule has 1 aliphatic rings. The molecule has 2 rings (SSSR count). The van der Waals surface area contributed by atoms with Crippen molar-refractivity contribution >= 4 is 15.9 Å². The van der Waals surface area contributed by atoms with Crippen LogP contribution in [0.5, 0.6) is 0 Å². The van der Waals surface area contributed by atoms with Crippen LogP contribution in [0.3, 0.4) is 0 Å². The van der Waals surface area contributed by atoms with Gasteiger partial charge in [0.1, 0.15) is 5.60 Å². The molecule has 1 aliphatic heterocycles. The summed E-state index contributed by atoms with van der Waals surface area (Å²) in [5, 5.41) is 14.7. The molecule has 0 aliphatic carbocycles. The molecule has 4 nitrogen and oxygen atoms in total. The Labute approximate surface area is 97.4 Å². The molecule has 1 fully saturated rings. The first-order chi connectivity index (χ1) is 7.03. The SMILES string of the molecule is CC1CC(O)(c2c(Br)cnn2C)CCO1. The van der Waals surface area contributed by atoms with Crippen LogP contribution >= 0.6 is 15.9 Å². The van der Waals surface area contributed by atoms with E-state index in [-0.39, 0.29) is 6.10 Å². The Bertz CT molecular complexity index is 347. The van der Waals surface area contributed by atoms with Crippen LogP contribution < -0.4 is 0 Å². The van der Waals surface area contributed by atoms with Gasteiger partial charge in [-0.2, -0.15) is 5.10 Å². The highest BCUT2D eigenvalue weighted by Crippen LogP contribution is 2.37. The average molecular weight is 275 g/mol. The normalized spacial score (nSPS) is 31.9. The zero-order valence-corrected chi connectivity index (χ0v) is 10.5. The quantitative estimate of drug-likeness (QED) is 0.846. The minimum Gasteiger partial charge on any atom is -0.383 e. The zero-order valence-electron chi connectivity index (χ0n) is 8.90. The molecule has 0 radical (unpaired) electrons. The van der Waals surface area contributed by atoms with Crippen molar-refractivity contribution < 1.29 is 9.84 Å². The number of nitrogens with zero attached hydrogens (tertiary/aromatic N) is 2. The van der Waals surface area contributed by atoms with E-state index in [0.717, 1.165) is 10.2 Å². The van der Waals surface area contributed by atoms with Gasteiger partial charge in [-0.05, 0) is 22.9 Å². The summed E-state index contributed by atoms with van der Waals surface area (Å²) in [6.45, 7) is 2.57. The van der Waals surface area contributed by atoms with E-state index in [9.17, 15) is 5.11 Å². The van der Waals surface area contributed by atoms with E-state index in [1.165, 1.54) is 0 Å². The maximum absolute atomic E-state index is 10.6. The van der Waals surface area contributed by atoms with Crippen molar-refractivity contribution in [2.24, 2.45) is 7.05 Å². The maximum atomic E-state index is 10.6. The minimum atomic E-state index is -0.818. The van der Waals surface area contributed by atoms with Crippen LogP contribution in [0, 0.1) is 0 Å². The lowest BCUT2D eigenvalue weighted by Crippen LogP contribution is -2.39. The van der Waals surface area contributed by atoms with Crippen molar-refractivity contribution in [3.63, 3.8) is 0 Å². The Kier molecular flexibility index (Phi) is 2.87. The van der Waals surface area contributed by atoms with E-state index < -0.39 is 5.60 Å². The van der Waals surface area contributed by atoms with Crippen LogP contribution in [-0.2, 0) is 17.4 Å². The first-order valence-electron chi connectivity index (χ1n) is 5.05. The Balaban J connectivity index is 2.36. The van der Waals surface area contributed by atoms with Gasteiger partial charge in [-0.3, -0.25) is 4.68 Å². The standard InChI is InChI=1S/C10H15BrN2O2/c1-7-5-10(14,3-4-15-7)9-8(11)6-12-13(9)2/h6-7,14H,3-5H2,1-2H3. The molecule has 1 aromatic heterocycles. The number of aromatic nitrogens is 2. The van der Waals surface area contributed by atoms with Crippen LogP contribution in [0.2, 0.25) is 0 Å². The van der Waals surface area contributed by atoms with Gasteiger partial charge in [0.05, 0.1) is 29.1 Å². The number of aryl methyl sites for hydroxylation is 1. The van der Waals surface area contributed by atoms with Crippen molar-refractivity contribution in [1.82, 2.24) is 9.78 Å². The van der Waals surface area contributed by atoms with Gasteiger partial charge in [-0.1, -0.05) is 0 Å². The summed E-state index contributed by atoms with van der Waals surface area (Å²) in [4.78, 5) is 0. The van der Waals surface area contributed by atoms with E-state index in [0.29, 0.717) is 19.4 Å². The van der Waals surface area contributed by atoms with Gasteiger partial charge in [-0.25, -0.2) is 0 Å². The monoisotopic (exact) mass is 274 g/mol. The number of hydrogen-bond acceptors (Lipinski definition) is 3. The van der Waals surface area contributed by atoms with Gasteiger partial charge in [-0.15, -0.1) is 0 Å². The van der Waals surface area contributed by atoms with Gasteiger partial charge in [0.2, 0.25) is 0 Å². The second-order valence-corrected chi connectivity index (χ2v) is 4.99. The third kappa shape index (κ3) is 1.96. The largest absolute Gasteiger partial charge is 0.383 e. The number of aliphatic hydroxyl groups is 1. The van der Waals surface area contributed by atoms with E-state index in [1.807, 2.05) is 14.0 Å². The molecule has 2 atom stereocenters. The fourth-order valence-corrected chi connectivity index (χ4v) is 2.93. The molecule has 2 unspecified atom stereocenters. The van der Waals surface area contributed by atoms with Crippen molar-refractivity contribution in [1.29, 1.82) is 0 Å². The van der Waals surface area contributed by atoms with Crippen LogP contribution in [-0.4, -0.2) is 27.6 Å². The minimum absolute atomic E-state index is 0.0885. The summed E-state index contributed by atoms with van der Waals surface area (Å²) >= 11 is 3.42. The predicted octanol–water partition coefficient (Wildman–Crippen LogP) is 1.57. The Hall–Kier alpha value is -0.390. The molecular weight excluding hydrogens is 260 g/mol. The van der Waals surface area contributed by atoms with Crippen molar-refractivity contribution in [3.05, 3.63) is 16.4 Å². The fraction of sp³-hybridized carbons (Fsp3) is 0.700. The topological polar surface area (TPSA) is 47.3 Å². The smallest absolute Gasteiger partial charge is 0.112 e. The number of rotatable bonds is 1. The Morgan fingerprint density at radius 3 is 3.00 bits per heavy atom. The molecule has 0 bridgehead atoms.